The van der Waals surface area contributed by atoms with Crippen LogP contribution in [0.25, 0.3) is 11.3 Å². The highest BCUT2D eigenvalue weighted by molar-refractivity contribution is 7.14. The van der Waals surface area contributed by atoms with Gasteiger partial charge in [-0.1, -0.05) is 12.1 Å². The summed E-state index contributed by atoms with van der Waals surface area (Å²) in [6, 6.07) is 12.1. The molecule has 4 rings (SSSR count). The molecule has 8 nitrogen and oxygen atoms in total. The number of nitrogens with one attached hydrogen (secondary N) is 1. The number of ether oxygens (including phenoxy) is 3. The molecule has 1 aliphatic rings. The van der Waals surface area contributed by atoms with Crippen LogP contribution in [0.5, 0.6) is 17.2 Å². The summed E-state index contributed by atoms with van der Waals surface area (Å²) in [5.41, 5.74) is 6.93. The molecule has 1 aromatic heterocycles. The summed E-state index contributed by atoms with van der Waals surface area (Å²) < 4.78 is 16.0. The van der Waals surface area contributed by atoms with Crippen LogP contribution in [0.2, 0.25) is 0 Å². The van der Waals surface area contributed by atoms with Gasteiger partial charge < -0.3 is 19.9 Å². The average Bonchev–Trinajstić information content (AvgIpc) is 3.35. The average molecular weight is 397 g/mol. The summed E-state index contributed by atoms with van der Waals surface area (Å²) in [6.07, 6.45) is 0. The minimum absolute atomic E-state index is 0.203. The van der Waals surface area contributed by atoms with Crippen molar-refractivity contribution in [3.05, 3.63) is 53.4 Å². The fraction of sp³-hybridized carbons (Fsp3) is 0.105. The van der Waals surface area contributed by atoms with Gasteiger partial charge in [0.15, 0.2) is 23.2 Å². The molecule has 0 radical (unpaired) electrons. The van der Waals surface area contributed by atoms with E-state index < -0.39 is 11.8 Å². The molecule has 3 N–H and O–H groups in total. The maximum atomic E-state index is 12.6. The number of primary amides is 1. The molecule has 2 aromatic carbocycles. The number of carbonyl (C=O) groups is 2. The normalized spacial score (nSPS) is 11.9. The Morgan fingerprint density at radius 1 is 1.18 bits per heavy atom. The molecule has 3 aromatic rings. The predicted octanol–water partition coefficient (Wildman–Crippen LogP) is 2.66. The van der Waals surface area contributed by atoms with E-state index in [0.29, 0.717) is 22.3 Å². The molecule has 9 heteroatoms. The van der Waals surface area contributed by atoms with E-state index in [9.17, 15) is 9.59 Å². The predicted molar refractivity (Wildman–Crippen MR) is 103 cm³/mol. The van der Waals surface area contributed by atoms with Crippen LogP contribution < -0.4 is 25.3 Å². The van der Waals surface area contributed by atoms with E-state index in [1.807, 2.05) is 23.6 Å². The van der Waals surface area contributed by atoms with Crippen LogP contribution in [0.1, 0.15) is 10.4 Å². The Labute approximate surface area is 163 Å². The number of amides is 2. The monoisotopic (exact) mass is 397 g/mol. The summed E-state index contributed by atoms with van der Waals surface area (Å²) in [4.78, 5) is 28.0. The summed E-state index contributed by atoms with van der Waals surface area (Å²) in [6.45, 7) is -0.107. The summed E-state index contributed by atoms with van der Waals surface area (Å²) >= 11 is 1.29. The zero-order chi connectivity index (χ0) is 19.5. The number of aromatic nitrogens is 1. The SMILES string of the molecule is NC(=O)COc1ccccc1C(=O)Nc1nc(-c2ccc3c(c2)OCO3)cs1. The molecule has 0 saturated heterocycles. The molecule has 2 heterocycles. The number of nitrogens with zero attached hydrogens (tertiary/aromatic N) is 1. The van der Waals surface area contributed by atoms with Gasteiger partial charge in [0.1, 0.15) is 5.75 Å². The van der Waals surface area contributed by atoms with E-state index in [-0.39, 0.29) is 24.7 Å². The second-order valence-corrected chi connectivity index (χ2v) is 6.67. The van der Waals surface area contributed by atoms with Gasteiger partial charge in [0.05, 0.1) is 11.3 Å². The molecule has 2 amide bonds. The Kier molecular flexibility index (Phi) is 4.81. The number of para-hydroxylation sites is 1. The Morgan fingerprint density at radius 3 is 2.86 bits per heavy atom. The largest absolute Gasteiger partial charge is 0.483 e. The highest BCUT2D eigenvalue weighted by Gasteiger charge is 2.17. The van der Waals surface area contributed by atoms with Gasteiger partial charge in [-0.15, -0.1) is 11.3 Å². The number of rotatable bonds is 6. The van der Waals surface area contributed by atoms with Gasteiger partial charge >= 0.3 is 0 Å². The third kappa shape index (κ3) is 3.74. The van der Waals surface area contributed by atoms with Gasteiger partial charge in [-0.05, 0) is 30.3 Å². The molecular formula is C19H15N3O5S. The lowest BCUT2D eigenvalue weighted by Crippen LogP contribution is -2.21. The number of fused-ring (bicyclic) bond motifs is 1. The second kappa shape index (κ2) is 7.57. The zero-order valence-electron chi connectivity index (χ0n) is 14.5. The molecule has 0 bridgehead atoms. The quantitative estimate of drug-likeness (QED) is 0.661. The lowest BCUT2D eigenvalue weighted by Gasteiger charge is -2.09. The van der Waals surface area contributed by atoms with E-state index in [1.165, 1.54) is 11.3 Å². The second-order valence-electron chi connectivity index (χ2n) is 5.81. The van der Waals surface area contributed by atoms with E-state index in [1.54, 1.807) is 24.3 Å². The Hall–Kier alpha value is -3.59. The van der Waals surface area contributed by atoms with E-state index in [0.717, 1.165) is 5.56 Å². The van der Waals surface area contributed by atoms with Crippen molar-refractivity contribution in [3.8, 4) is 28.5 Å². The van der Waals surface area contributed by atoms with Crippen molar-refractivity contribution in [1.82, 2.24) is 4.98 Å². The van der Waals surface area contributed by atoms with Gasteiger partial charge in [-0.2, -0.15) is 0 Å². The minimum atomic E-state index is -0.622. The number of benzene rings is 2. The van der Waals surface area contributed by atoms with Crippen LogP contribution in [0.15, 0.2) is 47.8 Å². The van der Waals surface area contributed by atoms with Gasteiger partial charge in [0, 0.05) is 10.9 Å². The standard InChI is InChI=1S/C19H15N3O5S/c20-17(23)8-25-14-4-2-1-3-12(14)18(24)22-19-21-13(9-28-19)11-5-6-15-16(7-11)27-10-26-15/h1-7,9H,8,10H2,(H2,20,23)(H,21,22,24). The van der Waals surface area contributed by atoms with Crippen molar-refractivity contribution < 1.29 is 23.8 Å². The molecule has 0 saturated carbocycles. The maximum absolute atomic E-state index is 12.6. The number of hydrogen-bond donors (Lipinski definition) is 2. The first kappa shape index (κ1) is 17.8. The third-order valence-electron chi connectivity index (χ3n) is 3.89. The number of thiazole rings is 1. The maximum Gasteiger partial charge on any atom is 0.261 e. The van der Waals surface area contributed by atoms with Gasteiger partial charge in [0.2, 0.25) is 6.79 Å². The first-order chi connectivity index (χ1) is 13.6. The number of anilines is 1. The smallest absolute Gasteiger partial charge is 0.261 e. The van der Waals surface area contributed by atoms with Crippen molar-refractivity contribution in [3.63, 3.8) is 0 Å². The molecular weight excluding hydrogens is 382 g/mol. The first-order valence-electron chi connectivity index (χ1n) is 8.27. The third-order valence-corrected chi connectivity index (χ3v) is 4.65. The van der Waals surface area contributed by atoms with Crippen LogP contribution in [-0.4, -0.2) is 30.2 Å². The van der Waals surface area contributed by atoms with E-state index >= 15 is 0 Å². The molecule has 142 valence electrons. The van der Waals surface area contributed by atoms with Gasteiger partial charge in [0.25, 0.3) is 11.8 Å². The lowest BCUT2D eigenvalue weighted by molar-refractivity contribution is -0.119. The van der Waals surface area contributed by atoms with Gasteiger partial charge in [-0.3, -0.25) is 14.9 Å². The van der Waals surface area contributed by atoms with Crippen molar-refractivity contribution in [2.45, 2.75) is 0 Å². The zero-order valence-corrected chi connectivity index (χ0v) is 15.3. The molecule has 0 unspecified atom stereocenters. The van der Waals surface area contributed by atoms with Gasteiger partial charge in [-0.25, -0.2) is 4.98 Å². The summed E-state index contributed by atoms with van der Waals surface area (Å²) in [7, 11) is 0. The van der Waals surface area contributed by atoms with Crippen LogP contribution in [0, 0.1) is 0 Å². The Bertz CT molecular complexity index is 1050. The molecule has 28 heavy (non-hydrogen) atoms. The molecule has 0 fully saturated rings. The summed E-state index contributed by atoms with van der Waals surface area (Å²) in [5.74, 6) is 0.609. The minimum Gasteiger partial charge on any atom is -0.483 e. The first-order valence-corrected chi connectivity index (χ1v) is 9.15. The fourth-order valence-electron chi connectivity index (χ4n) is 2.61. The van der Waals surface area contributed by atoms with Crippen LogP contribution in [-0.2, 0) is 4.79 Å². The van der Waals surface area contributed by atoms with Crippen molar-refractivity contribution in [1.29, 1.82) is 0 Å². The number of hydrogen-bond acceptors (Lipinski definition) is 7. The van der Waals surface area contributed by atoms with Crippen molar-refractivity contribution >= 4 is 28.3 Å². The fourth-order valence-corrected chi connectivity index (χ4v) is 3.33. The van der Waals surface area contributed by atoms with Crippen molar-refractivity contribution in [2.24, 2.45) is 5.73 Å². The molecule has 1 aliphatic heterocycles. The molecule has 0 atom stereocenters. The van der Waals surface area contributed by atoms with Crippen LogP contribution in [0.4, 0.5) is 5.13 Å². The van der Waals surface area contributed by atoms with Crippen molar-refractivity contribution in [2.75, 3.05) is 18.7 Å². The topological polar surface area (TPSA) is 113 Å². The van der Waals surface area contributed by atoms with E-state index in [4.69, 9.17) is 19.9 Å². The Morgan fingerprint density at radius 2 is 2.00 bits per heavy atom. The highest BCUT2D eigenvalue weighted by Crippen LogP contribution is 2.36. The highest BCUT2D eigenvalue weighted by atomic mass is 32.1. The van der Waals surface area contributed by atoms with Crippen LogP contribution >= 0.6 is 11.3 Å². The molecule has 0 spiro atoms. The molecule has 0 aliphatic carbocycles. The number of carbonyl (C=O) groups excluding carboxylic acids is 2. The summed E-state index contributed by atoms with van der Waals surface area (Å²) in [5, 5.41) is 5.01. The van der Waals surface area contributed by atoms with Crippen LogP contribution in [0.3, 0.4) is 0 Å². The number of nitrogens with two attached hydrogens (primary N) is 1. The lowest BCUT2D eigenvalue weighted by atomic mass is 10.1. The van der Waals surface area contributed by atoms with E-state index in [2.05, 4.69) is 10.3 Å². The Balaban J connectivity index is 1.50.